The van der Waals surface area contributed by atoms with Gasteiger partial charge in [0.25, 0.3) is 0 Å². The minimum absolute atomic E-state index is 0.104. The zero-order valence-corrected chi connectivity index (χ0v) is 45.6. The normalized spacial score (nSPS) is 12.6. The van der Waals surface area contributed by atoms with Crippen LogP contribution in [0.5, 0.6) is 0 Å². The molecule has 0 unspecified atom stereocenters. The predicted octanol–water partition coefficient (Wildman–Crippen LogP) is 19.8. The second kappa shape index (κ2) is 57.4. The van der Waals surface area contributed by atoms with E-state index in [9.17, 15) is 14.4 Å². The molecule has 0 aromatic heterocycles. The molecule has 0 aromatic carbocycles. The smallest absolute Gasteiger partial charge is 0.306 e. The van der Waals surface area contributed by atoms with Gasteiger partial charge in [-0.3, -0.25) is 14.4 Å². The predicted molar refractivity (Wildman–Crippen MR) is 298 cm³/mol. The Hall–Kier alpha value is -3.15. The molecule has 0 amide bonds. The van der Waals surface area contributed by atoms with Crippen LogP contribution in [0.2, 0.25) is 0 Å². The highest BCUT2D eigenvalue weighted by atomic mass is 16.6. The van der Waals surface area contributed by atoms with Crippen molar-refractivity contribution in [1.29, 1.82) is 0 Å². The summed E-state index contributed by atoms with van der Waals surface area (Å²) in [5.41, 5.74) is 0. The molecule has 0 saturated heterocycles. The van der Waals surface area contributed by atoms with Crippen molar-refractivity contribution in [1.82, 2.24) is 0 Å². The van der Waals surface area contributed by atoms with Crippen LogP contribution < -0.4 is 0 Å². The molecule has 0 spiro atoms. The van der Waals surface area contributed by atoms with E-state index in [0.29, 0.717) is 19.3 Å². The van der Waals surface area contributed by atoms with Gasteiger partial charge in [-0.1, -0.05) is 261 Å². The van der Waals surface area contributed by atoms with Crippen molar-refractivity contribution < 1.29 is 28.6 Å². The van der Waals surface area contributed by atoms with Gasteiger partial charge in [0.15, 0.2) is 6.10 Å². The summed E-state index contributed by atoms with van der Waals surface area (Å²) in [6, 6.07) is 0. The van der Waals surface area contributed by atoms with Gasteiger partial charge in [0.05, 0.1) is 0 Å². The molecule has 0 aliphatic rings. The summed E-state index contributed by atoms with van der Waals surface area (Å²) in [6.07, 6.45) is 73.3. The lowest BCUT2D eigenvalue weighted by atomic mass is 10.0. The number of esters is 3. The first-order chi connectivity index (χ1) is 34.0. The fourth-order valence-corrected chi connectivity index (χ4v) is 8.24. The van der Waals surface area contributed by atoms with Crippen molar-refractivity contribution in [2.75, 3.05) is 13.2 Å². The summed E-state index contributed by atoms with van der Waals surface area (Å²) in [7, 11) is 0. The van der Waals surface area contributed by atoms with Gasteiger partial charge in [0.1, 0.15) is 13.2 Å². The number of allylic oxidation sites excluding steroid dienone is 12. The van der Waals surface area contributed by atoms with E-state index in [1.165, 1.54) is 180 Å². The fourth-order valence-electron chi connectivity index (χ4n) is 8.24. The van der Waals surface area contributed by atoms with E-state index in [-0.39, 0.29) is 37.5 Å². The van der Waals surface area contributed by atoms with Crippen molar-refractivity contribution in [2.24, 2.45) is 0 Å². The average Bonchev–Trinajstić information content (AvgIpc) is 3.35. The maximum Gasteiger partial charge on any atom is 0.306 e. The second-order valence-electron chi connectivity index (χ2n) is 19.6. The number of unbranched alkanes of at least 4 members (excludes halogenated alkanes) is 30. The van der Waals surface area contributed by atoms with E-state index in [4.69, 9.17) is 14.2 Å². The molecule has 0 N–H and O–H groups in total. The minimum atomic E-state index is -0.815. The number of carbonyl (C=O) groups excluding carboxylic acids is 3. The van der Waals surface area contributed by atoms with Gasteiger partial charge in [-0.15, -0.1) is 0 Å². The van der Waals surface area contributed by atoms with Gasteiger partial charge in [-0.05, 0) is 83.5 Å². The van der Waals surface area contributed by atoms with Gasteiger partial charge in [0, 0.05) is 19.3 Å². The number of hydrogen-bond acceptors (Lipinski definition) is 6. The summed E-state index contributed by atoms with van der Waals surface area (Å²) < 4.78 is 16.8. The molecule has 0 saturated carbocycles. The van der Waals surface area contributed by atoms with Crippen LogP contribution in [0.25, 0.3) is 0 Å². The van der Waals surface area contributed by atoms with E-state index >= 15 is 0 Å². The fraction of sp³-hybridized carbons (Fsp3) is 0.762. The van der Waals surface area contributed by atoms with E-state index in [0.717, 1.165) is 64.2 Å². The van der Waals surface area contributed by atoms with Gasteiger partial charge < -0.3 is 14.2 Å². The Labute approximate surface area is 427 Å². The Kier molecular flexibility index (Phi) is 54.8. The third-order valence-corrected chi connectivity index (χ3v) is 12.7. The molecule has 0 rings (SSSR count). The van der Waals surface area contributed by atoms with E-state index in [1.54, 1.807) is 0 Å². The standard InChI is InChI=1S/C63H110O6/c1-4-7-10-13-16-19-22-25-28-30-31-33-36-39-42-45-48-51-54-57-63(66)69-60(58-67-61(64)55-52-49-46-43-40-37-34-27-24-21-18-15-12-9-6-3)59-68-62(65)56-53-50-47-44-41-38-35-32-29-26-23-20-17-14-11-8-5-2/h16,19,21,24-25,28,31,33,39,42,48,51,60H,4-15,17-18,20,22-23,26-27,29-30,32,34-38,40-41,43-47,49-50,52-59H2,1-3H3/b19-16-,24-21-,28-25-,33-31-,42-39-,51-48-/t60-/m1/s1. The number of carbonyl (C=O) groups is 3. The molecule has 6 heteroatoms. The SMILES string of the molecule is CCCCC/C=C\C/C=C\C/C=C\C/C=C\C/C=C\CCC(=O)O[C@H](COC(=O)CCCCCCCCC/C=C\CCCCCC)COC(=O)CCCCCCCCCCCCCCCCCCC. The van der Waals surface area contributed by atoms with Gasteiger partial charge >= 0.3 is 17.9 Å². The lowest BCUT2D eigenvalue weighted by molar-refractivity contribution is -0.166. The first-order valence-corrected chi connectivity index (χ1v) is 29.4. The monoisotopic (exact) mass is 963 g/mol. The summed E-state index contributed by atoms with van der Waals surface area (Å²) in [4.78, 5) is 38.1. The van der Waals surface area contributed by atoms with E-state index < -0.39 is 6.10 Å². The number of hydrogen-bond donors (Lipinski definition) is 0. The molecular weight excluding hydrogens is 853 g/mol. The first kappa shape index (κ1) is 65.8. The van der Waals surface area contributed by atoms with Crippen molar-refractivity contribution in [3.05, 3.63) is 72.9 Å². The Balaban J connectivity index is 4.48. The number of rotatable bonds is 53. The molecule has 0 aliphatic carbocycles. The Morgan fingerprint density at radius 2 is 0.551 bits per heavy atom. The van der Waals surface area contributed by atoms with E-state index in [1.807, 2.05) is 6.08 Å². The largest absolute Gasteiger partial charge is 0.462 e. The molecule has 0 aliphatic heterocycles. The molecule has 0 radical (unpaired) electrons. The lowest BCUT2D eigenvalue weighted by Gasteiger charge is -2.18. The van der Waals surface area contributed by atoms with Gasteiger partial charge in [-0.2, -0.15) is 0 Å². The van der Waals surface area contributed by atoms with Crippen molar-refractivity contribution in [3.8, 4) is 0 Å². The summed E-state index contributed by atoms with van der Waals surface area (Å²) in [5.74, 6) is -0.981. The van der Waals surface area contributed by atoms with Crippen LogP contribution in [-0.2, 0) is 28.6 Å². The quantitative estimate of drug-likeness (QED) is 0.0262. The molecule has 6 nitrogen and oxygen atoms in total. The van der Waals surface area contributed by atoms with Crippen LogP contribution in [-0.4, -0.2) is 37.2 Å². The maximum atomic E-state index is 12.8. The van der Waals surface area contributed by atoms with Crippen LogP contribution >= 0.6 is 0 Å². The molecule has 0 heterocycles. The third-order valence-electron chi connectivity index (χ3n) is 12.7. The zero-order valence-electron chi connectivity index (χ0n) is 45.6. The highest BCUT2D eigenvalue weighted by Gasteiger charge is 2.19. The van der Waals surface area contributed by atoms with Crippen molar-refractivity contribution >= 4 is 17.9 Å². The topological polar surface area (TPSA) is 78.9 Å². The maximum absolute atomic E-state index is 12.8. The van der Waals surface area contributed by atoms with Crippen molar-refractivity contribution in [3.63, 3.8) is 0 Å². The number of ether oxygens (including phenoxy) is 3. The van der Waals surface area contributed by atoms with Crippen LogP contribution in [0.15, 0.2) is 72.9 Å². The minimum Gasteiger partial charge on any atom is -0.462 e. The molecule has 0 fully saturated rings. The Morgan fingerprint density at radius 1 is 0.290 bits per heavy atom. The second-order valence-corrected chi connectivity index (χ2v) is 19.6. The van der Waals surface area contributed by atoms with Crippen LogP contribution in [0.1, 0.15) is 290 Å². The summed E-state index contributed by atoms with van der Waals surface area (Å²) >= 11 is 0. The highest BCUT2D eigenvalue weighted by Crippen LogP contribution is 2.16. The molecule has 69 heavy (non-hydrogen) atoms. The first-order valence-electron chi connectivity index (χ1n) is 29.4. The molecular formula is C63H110O6. The molecule has 0 bridgehead atoms. The van der Waals surface area contributed by atoms with Gasteiger partial charge in [0.2, 0.25) is 0 Å². The average molecular weight is 964 g/mol. The zero-order chi connectivity index (χ0) is 50.0. The molecule has 1 atom stereocenters. The Morgan fingerprint density at radius 3 is 0.928 bits per heavy atom. The third kappa shape index (κ3) is 55.6. The Bertz CT molecular complexity index is 1290. The van der Waals surface area contributed by atoms with Gasteiger partial charge in [-0.25, -0.2) is 0 Å². The molecule has 398 valence electrons. The summed E-state index contributed by atoms with van der Waals surface area (Å²) in [6.45, 7) is 6.56. The van der Waals surface area contributed by atoms with E-state index in [2.05, 4.69) is 87.6 Å². The van der Waals surface area contributed by atoms with Crippen LogP contribution in [0, 0.1) is 0 Å². The van der Waals surface area contributed by atoms with Crippen LogP contribution in [0.3, 0.4) is 0 Å². The van der Waals surface area contributed by atoms with Crippen molar-refractivity contribution in [2.45, 2.75) is 297 Å². The lowest BCUT2D eigenvalue weighted by Crippen LogP contribution is -2.30. The summed E-state index contributed by atoms with van der Waals surface area (Å²) in [5, 5.41) is 0. The van der Waals surface area contributed by atoms with Crippen LogP contribution in [0.4, 0.5) is 0 Å². The highest BCUT2D eigenvalue weighted by molar-refractivity contribution is 5.71. The molecule has 0 aromatic rings.